The number of Topliss-reactive ketones (excluding diaryl/α,β-unsaturated/α-hetero) is 1. The van der Waals surface area contributed by atoms with Gasteiger partial charge in [0.05, 0.1) is 5.56 Å². The van der Waals surface area contributed by atoms with Crippen LogP contribution in [0.5, 0.6) is 0 Å². The smallest absolute Gasteiger partial charge is 0.294 e. The van der Waals surface area contributed by atoms with E-state index in [0.717, 1.165) is 18.2 Å². The molecule has 110 valence electrons. The average molecular weight is 361 g/mol. The number of carbonyl (C=O) groups excluding carboxylic acids is 1. The molecule has 6 heteroatoms. The first-order valence-corrected chi connectivity index (χ1v) is 6.71. The van der Waals surface area contributed by atoms with Crippen LogP contribution >= 0.6 is 15.9 Å². The first-order chi connectivity index (χ1) is 9.79. The largest absolute Gasteiger partial charge is 0.417 e. The molecule has 1 nitrogen and oxygen atoms in total. The molecule has 0 atom stereocenters. The van der Waals surface area contributed by atoms with E-state index in [-0.39, 0.29) is 10.0 Å². The van der Waals surface area contributed by atoms with Crippen molar-refractivity contribution in [3.63, 3.8) is 0 Å². The fraction of sp³-hybridized carbons (Fsp3) is 0.133. The highest BCUT2D eigenvalue weighted by Crippen LogP contribution is 2.34. The lowest BCUT2D eigenvalue weighted by Crippen LogP contribution is -2.15. The Morgan fingerprint density at radius 3 is 2.38 bits per heavy atom. The van der Waals surface area contributed by atoms with Gasteiger partial charge in [-0.25, -0.2) is 4.39 Å². The van der Waals surface area contributed by atoms with Crippen molar-refractivity contribution in [3.8, 4) is 0 Å². The van der Waals surface area contributed by atoms with E-state index >= 15 is 0 Å². The summed E-state index contributed by atoms with van der Waals surface area (Å²) in [5.41, 5.74) is -1.43. The molecule has 0 radical (unpaired) electrons. The van der Waals surface area contributed by atoms with E-state index < -0.39 is 35.3 Å². The van der Waals surface area contributed by atoms with Gasteiger partial charge < -0.3 is 0 Å². The topological polar surface area (TPSA) is 17.1 Å². The molecule has 21 heavy (non-hydrogen) atoms. The Bertz CT molecular complexity index is 680. The Kier molecular flexibility index (Phi) is 4.46. The Morgan fingerprint density at radius 1 is 1.10 bits per heavy atom. The summed E-state index contributed by atoms with van der Waals surface area (Å²) in [7, 11) is 0. The van der Waals surface area contributed by atoms with Gasteiger partial charge in [-0.05, 0) is 29.8 Å². The molecule has 0 amide bonds. The van der Waals surface area contributed by atoms with Crippen LogP contribution < -0.4 is 0 Å². The third kappa shape index (κ3) is 3.69. The molecule has 2 rings (SSSR count). The highest BCUT2D eigenvalue weighted by molar-refractivity contribution is 9.10. The SMILES string of the molecule is O=C(Cc1ccccc1F)c1ccc(Br)cc1C(F)(F)F. The van der Waals surface area contributed by atoms with E-state index in [9.17, 15) is 22.4 Å². The van der Waals surface area contributed by atoms with Crippen molar-refractivity contribution in [3.05, 3.63) is 69.4 Å². The number of hydrogen-bond acceptors (Lipinski definition) is 1. The average Bonchev–Trinajstić information content (AvgIpc) is 2.40. The lowest BCUT2D eigenvalue weighted by atomic mass is 9.98. The number of benzene rings is 2. The van der Waals surface area contributed by atoms with E-state index in [1.165, 1.54) is 24.3 Å². The van der Waals surface area contributed by atoms with Crippen molar-refractivity contribution >= 4 is 21.7 Å². The lowest BCUT2D eigenvalue weighted by Gasteiger charge is -2.12. The molecule has 2 aromatic rings. The Hall–Kier alpha value is -1.69. The minimum Gasteiger partial charge on any atom is -0.294 e. The predicted octanol–water partition coefficient (Wildman–Crippen LogP) is 5.03. The van der Waals surface area contributed by atoms with Crippen molar-refractivity contribution in [1.29, 1.82) is 0 Å². The van der Waals surface area contributed by atoms with Crippen LogP contribution in [-0.2, 0) is 12.6 Å². The predicted molar refractivity (Wildman–Crippen MR) is 73.6 cm³/mol. The molecule has 0 unspecified atom stereocenters. The summed E-state index contributed by atoms with van der Waals surface area (Å²) in [6, 6.07) is 8.80. The van der Waals surface area contributed by atoms with E-state index in [1.807, 2.05) is 0 Å². The fourth-order valence-electron chi connectivity index (χ4n) is 1.90. The number of ketones is 1. The van der Waals surface area contributed by atoms with Crippen LogP contribution in [0.1, 0.15) is 21.5 Å². The summed E-state index contributed by atoms with van der Waals surface area (Å²) in [5, 5.41) is 0. The van der Waals surface area contributed by atoms with Gasteiger partial charge >= 0.3 is 6.18 Å². The number of rotatable bonds is 3. The van der Waals surface area contributed by atoms with Gasteiger partial charge in [0.15, 0.2) is 5.78 Å². The van der Waals surface area contributed by atoms with Crippen LogP contribution in [0.3, 0.4) is 0 Å². The Balaban J connectivity index is 2.38. The summed E-state index contributed by atoms with van der Waals surface area (Å²) in [6.07, 6.45) is -5.07. The minimum absolute atomic E-state index is 0.0681. The standard InChI is InChI=1S/C15H9BrF4O/c16-10-5-6-11(12(8-10)15(18,19)20)14(21)7-9-3-1-2-4-13(9)17/h1-6,8H,7H2. The molecule has 0 fully saturated rings. The molecule has 0 aliphatic heterocycles. The Morgan fingerprint density at radius 2 is 1.76 bits per heavy atom. The zero-order chi connectivity index (χ0) is 15.6. The van der Waals surface area contributed by atoms with Gasteiger partial charge in [0.2, 0.25) is 0 Å². The van der Waals surface area contributed by atoms with Crippen molar-refractivity contribution in [2.45, 2.75) is 12.6 Å². The van der Waals surface area contributed by atoms with Crippen molar-refractivity contribution in [2.75, 3.05) is 0 Å². The zero-order valence-electron chi connectivity index (χ0n) is 10.5. The second-order valence-corrected chi connectivity index (χ2v) is 5.29. The van der Waals surface area contributed by atoms with Gasteiger partial charge in [-0.3, -0.25) is 4.79 Å². The maximum atomic E-state index is 13.5. The zero-order valence-corrected chi connectivity index (χ0v) is 12.1. The van der Waals surface area contributed by atoms with E-state index in [4.69, 9.17) is 0 Å². The molecule has 0 aromatic heterocycles. The van der Waals surface area contributed by atoms with Gasteiger partial charge in [0.25, 0.3) is 0 Å². The van der Waals surface area contributed by atoms with Crippen LogP contribution in [0.15, 0.2) is 46.9 Å². The van der Waals surface area contributed by atoms with Crippen LogP contribution in [0.2, 0.25) is 0 Å². The third-order valence-electron chi connectivity index (χ3n) is 2.90. The maximum Gasteiger partial charge on any atom is 0.417 e. The highest BCUT2D eigenvalue weighted by atomic mass is 79.9. The quantitative estimate of drug-likeness (QED) is 0.554. The van der Waals surface area contributed by atoms with E-state index in [2.05, 4.69) is 15.9 Å². The molecule has 0 N–H and O–H groups in total. The first kappa shape index (κ1) is 15.7. The molecule has 0 aliphatic rings. The number of halogens is 5. The molecular formula is C15H9BrF4O. The number of carbonyl (C=O) groups is 1. The summed E-state index contributed by atoms with van der Waals surface area (Å²) in [4.78, 5) is 12.1. The van der Waals surface area contributed by atoms with Gasteiger partial charge in [0, 0.05) is 16.5 Å². The molecular weight excluding hydrogens is 352 g/mol. The van der Waals surface area contributed by atoms with E-state index in [1.54, 1.807) is 0 Å². The van der Waals surface area contributed by atoms with E-state index in [0.29, 0.717) is 0 Å². The summed E-state index contributed by atoms with van der Waals surface area (Å²) < 4.78 is 52.6. The number of alkyl halides is 3. The maximum absolute atomic E-state index is 13.5. The molecule has 0 aliphatic carbocycles. The van der Waals surface area contributed by atoms with Gasteiger partial charge in [-0.15, -0.1) is 0 Å². The minimum atomic E-state index is -4.65. The van der Waals surface area contributed by atoms with Gasteiger partial charge in [-0.2, -0.15) is 13.2 Å². The fourth-order valence-corrected chi connectivity index (χ4v) is 2.27. The second-order valence-electron chi connectivity index (χ2n) is 4.38. The van der Waals surface area contributed by atoms with Crippen molar-refractivity contribution < 1.29 is 22.4 Å². The molecule has 0 bridgehead atoms. The number of hydrogen-bond donors (Lipinski definition) is 0. The summed E-state index contributed by atoms with van der Waals surface area (Å²) >= 11 is 2.95. The monoisotopic (exact) mass is 360 g/mol. The highest BCUT2D eigenvalue weighted by Gasteiger charge is 2.35. The molecule has 0 saturated carbocycles. The van der Waals surface area contributed by atoms with Crippen molar-refractivity contribution in [1.82, 2.24) is 0 Å². The molecule has 0 heterocycles. The lowest BCUT2D eigenvalue weighted by molar-refractivity contribution is -0.138. The van der Waals surface area contributed by atoms with Crippen LogP contribution in [-0.4, -0.2) is 5.78 Å². The molecule has 0 spiro atoms. The summed E-state index contributed by atoms with van der Waals surface area (Å²) in [5.74, 6) is -1.39. The molecule has 0 saturated heterocycles. The summed E-state index contributed by atoms with van der Waals surface area (Å²) in [6.45, 7) is 0. The molecule has 2 aromatic carbocycles. The van der Waals surface area contributed by atoms with Crippen LogP contribution in [0.4, 0.5) is 17.6 Å². The first-order valence-electron chi connectivity index (χ1n) is 5.92. The third-order valence-corrected chi connectivity index (χ3v) is 3.39. The second kappa shape index (κ2) is 5.97. The van der Waals surface area contributed by atoms with Crippen LogP contribution in [0, 0.1) is 5.82 Å². The Labute approximate surface area is 126 Å². The van der Waals surface area contributed by atoms with Gasteiger partial charge in [0.1, 0.15) is 5.82 Å². The normalized spacial score (nSPS) is 11.5. The van der Waals surface area contributed by atoms with Crippen molar-refractivity contribution in [2.24, 2.45) is 0 Å². The van der Waals surface area contributed by atoms with Crippen LogP contribution in [0.25, 0.3) is 0 Å². The van der Waals surface area contributed by atoms with Gasteiger partial charge in [-0.1, -0.05) is 34.1 Å².